The average Bonchev–Trinajstić information content (AvgIpc) is 3.14. The smallest absolute Gasteiger partial charge is 0.399 e. The molecule has 2 N–H and O–H groups in total. The summed E-state index contributed by atoms with van der Waals surface area (Å²) in [4.78, 5) is 13.7. The molecule has 1 saturated heterocycles. The third-order valence-corrected chi connectivity index (χ3v) is 6.09. The molecule has 2 fully saturated rings. The fraction of sp³-hybridized carbons (Fsp3) is 0.650. The Labute approximate surface area is 157 Å². The van der Waals surface area contributed by atoms with Gasteiger partial charge in [0, 0.05) is 12.6 Å². The summed E-state index contributed by atoms with van der Waals surface area (Å²) in [6.07, 6.45) is 4.78. The summed E-state index contributed by atoms with van der Waals surface area (Å²) in [7, 11) is -0.342. The third-order valence-electron chi connectivity index (χ3n) is 6.09. The van der Waals surface area contributed by atoms with Crippen molar-refractivity contribution in [3.05, 3.63) is 29.8 Å². The summed E-state index contributed by atoms with van der Waals surface area (Å²) < 4.78 is 12.2. The van der Waals surface area contributed by atoms with E-state index in [1.165, 1.54) is 18.4 Å². The van der Waals surface area contributed by atoms with Crippen LogP contribution in [0.4, 0.5) is 0 Å². The zero-order chi connectivity index (χ0) is 18.9. The molecular weight excluding hydrogens is 327 g/mol. The standard InChI is InChI=1S/C20H31BN2O3/c1-19(2)20(3,4)26-21(25-19)16-11-9-15(10-12-16)13-23(14-18(22)24)17-7-5-6-8-17/h9-12,17H,5-8,13-14H2,1-4H3,(H2,22,24). The van der Waals surface area contributed by atoms with E-state index in [-0.39, 0.29) is 24.2 Å². The number of carbonyl (C=O) groups excluding carboxylic acids is 1. The van der Waals surface area contributed by atoms with E-state index in [0.717, 1.165) is 24.8 Å². The van der Waals surface area contributed by atoms with Crippen molar-refractivity contribution in [1.82, 2.24) is 4.90 Å². The molecule has 1 saturated carbocycles. The van der Waals surface area contributed by atoms with Crippen molar-refractivity contribution in [3.8, 4) is 0 Å². The summed E-state index contributed by atoms with van der Waals surface area (Å²) in [5.74, 6) is -0.259. The van der Waals surface area contributed by atoms with Crippen molar-refractivity contribution in [2.24, 2.45) is 5.73 Å². The van der Waals surface area contributed by atoms with Gasteiger partial charge in [-0.2, -0.15) is 0 Å². The van der Waals surface area contributed by atoms with Gasteiger partial charge in [0.1, 0.15) is 0 Å². The molecule has 3 rings (SSSR count). The van der Waals surface area contributed by atoms with Crippen LogP contribution in [0.1, 0.15) is 58.9 Å². The lowest BCUT2D eigenvalue weighted by atomic mass is 9.79. The lowest BCUT2D eigenvalue weighted by molar-refractivity contribution is -0.119. The predicted octanol–water partition coefficient (Wildman–Crippen LogP) is 2.22. The molecule has 1 aliphatic carbocycles. The molecule has 0 aromatic heterocycles. The number of primary amides is 1. The highest BCUT2D eigenvalue weighted by molar-refractivity contribution is 6.62. The average molecular weight is 358 g/mol. The summed E-state index contributed by atoms with van der Waals surface area (Å²) in [5.41, 5.74) is 6.99. The van der Waals surface area contributed by atoms with Gasteiger partial charge in [-0.05, 0) is 51.6 Å². The minimum absolute atomic E-state index is 0.259. The molecule has 0 bridgehead atoms. The van der Waals surface area contributed by atoms with Crippen LogP contribution in [-0.4, -0.2) is 41.7 Å². The minimum Gasteiger partial charge on any atom is -0.399 e. The van der Waals surface area contributed by atoms with Crippen molar-refractivity contribution >= 4 is 18.5 Å². The van der Waals surface area contributed by atoms with Crippen molar-refractivity contribution in [2.75, 3.05) is 6.54 Å². The van der Waals surface area contributed by atoms with Gasteiger partial charge < -0.3 is 15.0 Å². The van der Waals surface area contributed by atoms with Gasteiger partial charge in [0.05, 0.1) is 17.7 Å². The van der Waals surface area contributed by atoms with Crippen LogP contribution in [0.25, 0.3) is 0 Å². The van der Waals surface area contributed by atoms with Gasteiger partial charge in [-0.15, -0.1) is 0 Å². The maximum absolute atomic E-state index is 11.5. The molecule has 0 spiro atoms. The van der Waals surface area contributed by atoms with Crippen LogP contribution in [0.15, 0.2) is 24.3 Å². The first-order chi connectivity index (χ1) is 12.2. The third kappa shape index (κ3) is 4.13. The normalized spacial score (nSPS) is 22.3. The fourth-order valence-corrected chi connectivity index (χ4v) is 3.78. The number of hydrogen-bond donors (Lipinski definition) is 1. The Kier molecular flexibility index (Phi) is 5.47. The molecule has 1 aromatic rings. The van der Waals surface area contributed by atoms with Crippen LogP contribution in [0.3, 0.4) is 0 Å². The molecule has 1 aromatic carbocycles. The molecule has 0 radical (unpaired) electrons. The zero-order valence-electron chi connectivity index (χ0n) is 16.5. The van der Waals surface area contributed by atoms with Crippen LogP contribution in [-0.2, 0) is 20.6 Å². The van der Waals surface area contributed by atoms with Gasteiger partial charge >= 0.3 is 7.12 Å². The van der Waals surface area contributed by atoms with Crippen molar-refractivity contribution in [1.29, 1.82) is 0 Å². The Bertz CT molecular complexity index is 623. The number of hydrogen-bond acceptors (Lipinski definition) is 4. The lowest BCUT2D eigenvalue weighted by Crippen LogP contribution is -2.41. The second-order valence-electron chi connectivity index (χ2n) is 8.64. The summed E-state index contributed by atoms with van der Waals surface area (Å²) in [6.45, 7) is 9.31. The largest absolute Gasteiger partial charge is 0.494 e. The van der Waals surface area contributed by atoms with Gasteiger partial charge in [-0.25, -0.2) is 0 Å². The first-order valence-corrected chi connectivity index (χ1v) is 9.65. The molecule has 2 aliphatic rings. The van der Waals surface area contributed by atoms with Crippen LogP contribution in [0, 0.1) is 0 Å². The number of nitrogens with zero attached hydrogens (tertiary/aromatic N) is 1. The maximum Gasteiger partial charge on any atom is 0.494 e. The van der Waals surface area contributed by atoms with E-state index in [1.54, 1.807) is 0 Å². The topological polar surface area (TPSA) is 64.8 Å². The van der Waals surface area contributed by atoms with E-state index in [9.17, 15) is 4.79 Å². The second-order valence-corrected chi connectivity index (χ2v) is 8.64. The number of benzene rings is 1. The molecular formula is C20H31BN2O3. The van der Waals surface area contributed by atoms with Gasteiger partial charge in [0.2, 0.25) is 5.91 Å². The summed E-state index contributed by atoms with van der Waals surface area (Å²) >= 11 is 0. The van der Waals surface area contributed by atoms with Gasteiger partial charge in [-0.3, -0.25) is 9.69 Å². The molecule has 26 heavy (non-hydrogen) atoms. The Balaban J connectivity index is 1.68. The zero-order valence-corrected chi connectivity index (χ0v) is 16.5. The lowest BCUT2D eigenvalue weighted by Gasteiger charge is -2.32. The van der Waals surface area contributed by atoms with Crippen LogP contribution in [0.5, 0.6) is 0 Å². The second kappa shape index (κ2) is 7.33. The highest BCUT2D eigenvalue weighted by atomic mass is 16.7. The van der Waals surface area contributed by atoms with E-state index in [1.807, 2.05) is 0 Å². The molecule has 0 atom stereocenters. The van der Waals surface area contributed by atoms with E-state index >= 15 is 0 Å². The molecule has 142 valence electrons. The quantitative estimate of drug-likeness (QED) is 0.792. The van der Waals surface area contributed by atoms with E-state index < -0.39 is 0 Å². The Morgan fingerprint density at radius 2 is 1.65 bits per heavy atom. The number of amides is 1. The van der Waals surface area contributed by atoms with E-state index in [0.29, 0.717) is 12.6 Å². The number of rotatable bonds is 6. The first kappa shape index (κ1) is 19.4. The molecule has 1 amide bonds. The summed E-state index contributed by atoms with van der Waals surface area (Å²) in [6, 6.07) is 8.79. The number of nitrogens with two attached hydrogens (primary N) is 1. The van der Waals surface area contributed by atoms with Crippen LogP contribution >= 0.6 is 0 Å². The molecule has 0 unspecified atom stereocenters. The number of carbonyl (C=O) groups is 1. The van der Waals surface area contributed by atoms with Crippen molar-refractivity contribution in [2.45, 2.75) is 77.2 Å². The van der Waals surface area contributed by atoms with E-state index in [2.05, 4.69) is 56.9 Å². The monoisotopic (exact) mass is 358 g/mol. The van der Waals surface area contributed by atoms with Crippen LogP contribution in [0.2, 0.25) is 0 Å². The highest BCUT2D eigenvalue weighted by Gasteiger charge is 2.51. The molecule has 5 nitrogen and oxygen atoms in total. The summed E-state index contributed by atoms with van der Waals surface area (Å²) in [5, 5.41) is 0. The van der Waals surface area contributed by atoms with Gasteiger partial charge in [0.15, 0.2) is 0 Å². The van der Waals surface area contributed by atoms with E-state index in [4.69, 9.17) is 15.0 Å². The fourth-order valence-electron chi connectivity index (χ4n) is 3.78. The van der Waals surface area contributed by atoms with Gasteiger partial charge in [-0.1, -0.05) is 37.1 Å². The molecule has 6 heteroatoms. The minimum atomic E-state index is -0.342. The highest BCUT2D eigenvalue weighted by Crippen LogP contribution is 2.36. The molecule has 1 aliphatic heterocycles. The van der Waals surface area contributed by atoms with Crippen molar-refractivity contribution in [3.63, 3.8) is 0 Å². The van der Waals surface area contributed by atoms with Crippen molar-refractivity contribution < 1.29 is 14.1 Å². The first-order valence-electron chi connectivity index (χ1n) is 9.65. The van der Waals surface area contributed by atoms with Crippen LogP contribution < -0.4 is 11.2 Å². The maximum atomic E-state index is 11.5. The Morgan fingerprint density at radius 1 is 1.12 bits per heavy atom. The Hall–Kier alpha value is -1.37. The molecule has 1 heterocycles. The van der Waals surface area contributed by atoms with Gasteiger partial charge in [0.25, 0.3) is 0 Å². The SMILES string of the molecule is CC1(C)OB(c2ccc(CN(CC(N)=O)C3CCCC3)cc2)OC1(C)C. The predicted molar refractivity (Wildman–Crippen MR) is 104 cm³/mol. The Morgan fingerprint density at radius 3 is 2.15 bits per heavy atom.